The predicted octanol–water partition coefficient (Wildman–Crippen LogP) is 3.69. The van der Waals surface area contributed by atoms with Crippen LogP contribution in [0.5, 0.6) is 5.75 Å². The fourth-order valence-electron chi connectivity index (χ4n) is 2.21. The van der Waals surface area contributed by atoms with E-state index in [0.717, 1.165) is 6.42 Å². The number of phenols is 1. The van der Waals surface area contributed by atoms with E-state index >= 15 is 0 Å². The molecule has 0 saturated heterocycles. The van der Waals surface area contributed by atoms with Crippen LogP contribution < -0.4 is 0 Å². The lowest BCUT2D eigenvalue weighted by Crippen LogP contribution is -2.29. The number of halogens is 2. The van der Waals surface area contributed by atoms with Crippen LogP contribution in [0.3, 0.4) is 0 Å². The van der Waals surface area contributed by atoms with Crippen molar-refractivity contribution in [2.75, 3.05) is 0 Å². The lowest BCUT2D eigenvalue weighted by atomic mass is 9.81. The lowest BCUT2D eigenvalue weighted by Gasteiger charge is -2.31. The third-order valence-corrected chi connectivity index (χ3v) is 3.06. The topological polar surface area (TPSA) is 20.2 Å². The SMILES string of the molecule is Oc1ccc(C2CCCCC2(F)F)cc1. The van der Waals surface area contributed by atoms with Crippen molar-refractivity contribution < 1.29 is 13.9 Å². The minimum Gasteiger partial charge on any atom is -0.508 e. The summed E-state index contributed by atoms with van der Waals surface area (Å²) in [6, 6.07) is 6.14. The van der Waals surface area contributed by atoms with Crippen molar-refractivity contribution in [3.63, 3.8) is 0 Å². The standard InChI is InChI=1S/C12H14F2O/c13-12(14)8-2-1-3-11(12)9-4-6-10(15)7-5-9/h4-7,11,15H,1-3,8H2. The van der Waals surface area contributed by atoms with Crippen molar-refractivity contribution in [1.29, 1.82) is 0 Å². The monoisotopic (exact) mass is 212 g/mol. The van der Waals surface area contributed by atoms with Crippen LogP contribution in [0, 0.1) is 0 Å². The minimum atomic E-state index is -2.59. The Morgan fingerprint density at radius 1 is 1.13 bits per heavy atom. The molecule has 1 aliphatic rings. The van der Waals surface area contributed by atoms with Gasteiger partial charge in [0.05, 0.1) is 0 Å². The number of benzene rings is 1. The van der Waals surface area contributed by atoms with Crippen LogP contribution in [0.4, 0.5) is 8.78 Å². The van der Waals surface area contributed by atoms with Gasteiger partial charge in [-0.1, -0.05) is 18.6 Å². The molecule has 1 aromatic rings. The number of hydrogen-bond acceptors (Lipinski definition) is 1. The van der Waals surface area contributed by atoms with Gasteiger partial charge in [-0.25, -0.2) is 8.78 Å². The maximum absolute atomic E-state index is 13.6. The van der Waals surface area contributed by atoms with Gasteiger partial charge in [0, 0.05) is 12.3 Å². The number of aromatic hydroxyl groups is 1. The van der Waals surface area contributed by atoms with Gasteiger partial charge in [-0.3, -0.25) is 0 Å². The smallest absolute Gasteiger partial charge is 0.254 e. The molecular weight excluding hydrogens is 198 g/mol. The molecule has 0 bridgehead atoms. The molecule has 2 rings (SSSR count). The zero-order valence-corrected chi connectivity index (χ0v) is 8.42. The molecule has 0 heterocycles. The van der Waals surface area contributed by atoms with E-state index < -0.39 is 11.8 Å². The molecule has 0 aliphatic heterocycles. The van der Waals surface area contributed by atoms with E-state index in [0.29, 0.717) is 18.4 Å². The highest BCUT2D eigenvalue weighted by atomic mass is 19.3. The summed E-state index contributed by atoms with van der Waals surface area (Å²) in [5.74, 6) is -3.14. The second-order valence-electron chi connectivity index (χ2n) is 4.15. The zero-order chi connectivity index (χ0) is 10.9. The summed E-state index contributed by atoms with van der Waals surface area (Å²) in [5.41, 5.74) is 0.637. The summed E-state index contributed by atoms with van der Waals surface area (Å²) in [6.45, 7) is 0. The summed E-state index contributed by atoms with van der Waals surface area (Å²) in [4.78, 5) is 0. The molecule has 3 heteroatoms. The molecule has 0 amide bonds. The Bertz CT molecular complexity index is 332. The molecule has 1 aliphatic carbocycles. The Morgan fingerprint density at radius 3 is 2.40 bits per heavy atom. The van der Waals surface area contributed by atoms with Gasteiger partial charge in [-0.15, -0.1) is 0 Å². The third kappa shape index (κ3) is 2.11. The molecule has 1 unspecified atom stereocenters. The second-order valence-corrected chi connectivity index (χ2v) is 4.15. The van der Waals surface area contributed by atoms with Crippen molar-refractivity contribution in [1.82, 2.24) is 0 Å². The van der Waals surface area contributed by atoms with Crippen LogP contribution >= 0.6 is 0 Å². The molecule has 0 spiro atoms. The molecule has 0 radical (unpaired) electrons. The Kier molecular flexibility index (Phi) is 2.63. The Morgan fingerprint density at radius 2 is 1.80 bits per heavy atom. The van der Waals surface area contributed by atoms with Gasteiger partial charge in [-0.05, 0) is 30.5 Å². The molecule has 1 saturated carbocycles. The average molecular weight is 212 g/mol. The maximum atomic E-state index is 13.6. The van der Waals surface area contributed by atoms with Crippen molar-refractivity contribution in [2.45, 2.75) is 37.5 Å². The summed E-state index contributed by atoms with van der Waals surface area (Å²) in [6.07, 6.45) is 2.00. The van der Waals surface area contributed by atoms with Crippen LogP contribution in [-0.4, -0.2) is 11.0 Å². The van der Waals surface area contributed by atoms with E-state index in [1.54, 1.807) is 12.1 Å². The van der Waals surface area contributed by atoms with E-state index in [1.807, 2.05) is 0 Å². The number of rotatable bonds is 1. The molecule has 1 fully saturated rings. The number of alkyl halides is 2. The van der Waals surface area contributed by atoms with Gasteiger partial charge < -0.3 is 5.11 Å². The Balaban J connectivity index is 2.25. The molecular formula is C12H14F2O. The molecule has 1 nitrogen and oxygen atoms in total. The Hall–Kier alpha value is -1.12. The summed E-state index contributed by atoms with van der Waals surface area (Å²) in [5, 5.41) is 9.10. The fourth-order valence-corrected chi connectivity index (χ4v) is 2.21. The van der Waals surface area contributed by atoms with Crippen LogP contribution in [0.15, 0.2) is 24.3 Å². The van der Waals surface area contributed by atoms with Crippen LogP contribution in [0.1, 0.15) is 37.2 Å². The highest BCUT2D eigenvalue weighted by Crippen LogP contribution is 2.44. The summed E-state index contributed by atoms with van der Waals surface area (Å²) >= 11 is 0. The first kappa shape index (κ1) is 10.4. The minimum absolute atomic E-state index is 0.0153. The van der Waals surface area contributed by atoms with Gasteiger partial charge >= 0.3 is 0 Å². The molecule has 0 aromatic heterocycles. The Labute approximate surface area is 87.7 Å². The predicted molar refractivity (Wildman–Crippen MR) is 54.3 cm³/mol. The first-order valence-electron chi connectivity index (χ1n) is 5.26. The van der Waals surface area contributed by atoms with Gasteiger partial charge in [0.2, 0.25) is 0 Å². The normalized spacial score (nSPS) is 25.1. The van der Waals surface area contributed by atoms with E-state index in [4.69, 9.17) is 5.11 Å². The van der Waals surface area contributed by atoms with Gasteiger partial charge in [0.1, 0.15) is 5.75 Å². The van der Waals surface area contributed by atoms with Gasteiger partial charge in [0.15, 0.2) is 0 Å². The van der Waals surface area contributed by atoms with E-state index in [2.05, 4.69) is 0 Å². The van der Waals surface area contributed by atoms with E-state index in [1.165, 1.54) is 12.1 Å². The van der Waals surface area contributed by atoms with Crippen molar-refractivity contribution >= 4 is 0 Å². The summed E-state index contributed by atoms with van der Waals surface area (Å²) in [7, 11) is 0. The average Bonchev–Trinajstić information content (AvgIpc) is 2.19. The second kappa shape index (κ2) is 3.80. The molecule has 1 atom stereocenters. The molecule has 15 heavy (non-hydrogen) atoms. The van der Waals surface area contributed by atoms with Crippen LogP contribution in [0.2, 0.25) is 0 Å². The zero-order valence-electron chi connectivity index (χ0n) is 8.42. The third-order valence-electron chi connectivity index (χ3n) is 3.06. The number of phenolic OH excluding ortho intramolecular Hbond substituents is 1. The molecule has 82 valence electrons. The van der Waals surface area contributed by atoms with Crippen LogP contribution in [0.25, 0.3) is 0 Å². The maximum Gasteiger partial charge on any atom is 0.254 e. The molecule has 1 aromatic carbocycles. The van der Waals surface area contributed by atoms with Crippen LogP contribution in [-0.2, 0) is 0 Å². The first-order chi connectivity index (χ1) is 7.09. The fraction of sp³-hybridized carbons (Fsp3) is 0.500. The largest absolute Gasteiger partial charge is 0.508 e. The van der Waals surface area contributed by atoms with Crippen molar-refractivity contribution in [3.05, 3.63) is 29.8 Å². The highest BCUT2D eigenvalue weighted by Gasteiger charge is 2.41. The first-order valence-corrected chi connectivity index (χ1v) is 5.26. The van der Waals surface area contributed by atoms with Crippen molar-refractivity contribution in [2.24, 2.45) is 0 Å². The number of hydrogen-bond donors (Lipinski definition) is 1. The van der Waals surface area contributed by atoms with Gasteiger partial charge in [-0.2, -0.15) is 0 Å². The van der Waals surface area contributed by atoms with Gasteiger partial charge in [0.25, 0.3) is 5.92 Å². The quantitative estimate of drug-likeness (QED) is 0.752. The van der Waals surface area contributed by atoms with Crippen molar-refractivity contribution in [3.8, 4) is 5.75 Å². The highest BCUT2D eigenvalue weighted by molar-refractivity contribution is 5.29. The lowest BCUT2D eigenvalue weighted by molar-refractivity contribution is -0.0547. The van der Waals surface area contributed by atoms with E-state index in [-0.39, 0.29) is 12.2 Å². The molecule has 1 N–H and O–H groups in total. The summed E-state index contributed by atoms with van der Waals surface area (Å²) < 4.78 is 27.2. The van der Waals surface area contributed by atoms with E-state index in [9.17, 15) is 8.78 Å².